The first-order valence-electron chi connectivity index (χ1n) is 4.57. The number of anilines is 1. The second kappa shape index (κ2) is 4.76. The Balaban J connectivity index is 2.34. The molecule has 16 heavy (non-hydrogen) atoms. The van der Waals surface area contributed by atoms with Crippen molar-refractivity contribution in [1.29, 1.82) is 0 Å². The van der Waals surface area contributed by atoms with Gasteiger partial charge in [0.05, 0.1) is 5.75 Å². The SMILES string of the molecule is CSCc1noc(-c2cc(N)cc(Cl)c2)n1. The van der Waals surface area contributed by atoms with Crippen LogP contribution in [0.2, 0.25) is 5.02 Å². The molecule has 0 radical (unpaired) electrons. The predicted molar refractivity (Wildman–Crippen MR) is 66.4 cm³/mol. The van der Waals surface area contributed by atoms with Gasteiger partial charge in [0.1, 0.15) is 0 Å². The highest BCUT2D eigenvalue weighted by molar-refractivity contribution is 7.97. The first kappa shape index (κ1) is 11.3. The zero-order valence-electron chi connectivity index (χ0n) is 8.61. The number of thioether (sulfide) groups is 1. The summed E-state index contributed by atoms with van der Waals surface area (Å²) in [5.41, 5.74) is 7.00. The Morgan fingerprint density at radius 3 is 2.94 bits per heavy atom. The minimum absolute atomic E-state index is 0.443. The summed E-state index contributed by atoms with van der Waals surface area (Å²) in [4.78, 5) is 4.24. The summed E-state index contributed by atoms with van der Waals surface area (Å²) in [7, 11) is 0. The summed E-state index contributed by atoms with van der Waals surface area (Å²) in [6, 6.07) is 5.17. The van der Waals surface area contributed by atoms with Gasteiger partial charge in [0.2, 0.25) is 0 Å². The van der Waals surface area contributed by atoms with Crippen LogP contribution in [-0.2, 0) is 5.75 Å². The van der Waals surface area contributed by atoms with E-state index in [0.717, 1.165) is 11.3 Å². The lowest BCUT2D eigenvalue weighted by atomic mass is 10.2. The molecule has 2 rings (SSSR count). The summed E-state index contributed by atoms with van der Waals surface area (Å²) in [6.07, 6.45) is 1.98. The number of nitrogen functional groups attached to an aromatic ring is 1. The van der Waals surface area contributed by atoms with Gasteiger partial charge in [0.15, 0.2) is 5.82 Å². The van der Waals surface area contributed by atoms with Crippen LogP contribution in [-0.4, -0.2) is 16.4 Å². The summed E-state index contributed by atoms with van der Waals surface area (Å²) < 4.78 is 5.12. The topological polar surface area (TPSA) is 64.9 Å². The normalized spacial score (nSPS) is 10.6. The Morgan fingerprint density at radius 2 is 2.25 bits per heavy atom. The van der Waals surface area contributed by atoms with Crippen molar-refractivity contribution in [2.45, 2.75) is 5.75 Å². The minimum Gasteiger partial charge on any atom is -0.399 e. The Morgan fingerprint density at radius 1 is 1.44 bits per heavy atom. The molecule has 2 N–H and O–H groups in total. The molecule has 0 unspecified atom stereocenters. The maximum Gasteiger partial charge on any atom is 0.258 e. The molecule has 0 saturated carbocycles. The van der Waals surface area contributed by atoms with Crippen LogP contribution in [0.15, 0.2) is 22.7 Å². The molecule has 0 amide bonds. The van der Waals surface area contributed by atoms with Crippen LogP contribution < -0.4 is 5.73 Å². The van der Waals surface area contributed by atoms with Crippen LogP contribution in [0.5, 0.6) is 0 Å². The largest absolute Gasteiger partial charge is 0.399 e. The van der Waals surface area contributed by atoms with Crippen molar-refractivity contribution < 1.29 is 4.52 Å². The van der Waals surface area contributed by atoms with Crippen LogP contribution in [0.1, 0.15) is 5.82 Å². The maximum absolute atomic E-state index is 5.89. The van der Waals surface area contributed by atoms with Gasteiger partial charge in [-0.15, -0.1) is 0 Å². The van der Waals surface area contributed by atoms with E-state index in [2.05, 4.69) is 10.1 Å². The Kier molecular flexibility index (Phi) is 3.36. The lowest BCUT2D eigenvalue weighted by Crippen LogP contribution is -1.87. The molecule has 0 bridgehead atoms. The Bertz CT molecular complexity index is 480. The van der Waals surface area contributed by atoms with Crippen LogP contribution in [0.25, 0.3) is 11.5 Å². The number of nitrogens with zero attached hydrogens (tertiary/aromatic N) is 2. The molecule has 0 aliphatic heterocycles. The van der Waals surface area contributed by atoms with Crippen molar-refractivity contribution >= 4 is 29.1 Å². The summed E-state index contributed by atoms with van der Waals surface area (Å²) >= 11 is 7.53. The molecule has 4 nitrogen and oxygen atoms in total. The van der Waals surface area contributed by atoms with E-state index >= 15 is 0 Å². The average molecular weight is 256 g/mol. The van der Waals surface area contributed by atoms with E-state index in [1.807, 2.05) is 6.26 Å². The molecule has 2 aromatic rings. The average Bonchev–Trinajstić information content (AvgIpc) is 2.65. The highest BCUT2D eigenvalue weighted by Crippen LogP contribution is 2.25. The molecule has 0 spiro atoms. The third-order valence-corrected chi connectivity index (χ3v) is 2.67. The smallest absolute Gasteiger partial charge is 0.258 e. The standard InChI is InChI=1S/C10H10ClN3OS/c1-16-5-9-13-10(15-14-9)6-2-7(11)4-8(12)3-6/h2-4H,5,12H2,1H3. The van der Waals surface area contributed by atoms with Crippen molar-refractivity contribution in [3.8, 4) is 11.5 Å². The highest BCUT2D eigenvalue weighted by Gasteiger charge is 2.09. The van der Waals surface area contributed by atoms with E-state index in [9.17, 15) is 0 Å². The van der Waals surface area contributed by atoms with Gasteiger partial charge in [0.25, 0.3) is 5.89 Å². The van der Waals surface area contributed by atoms with E-state index in [1.165, 1.54) is 0 Å². The fraction of sp³-hybridized carbons (Fsp3) is 0.200. The summed E-state index contributed by atoms with van der Waals surface area (Å²) in [5.74, 6) is 1.83. The molecule has 0 aliphatic rings. The van der Waals surface area contributed by atoms with E-state index in [4.69, 9.17) is 21.9 Å². The van der Waals surface area contributed by atoms with Gasteiger partial charge < -0.3 is 10.3 Å². The van der Waals surface area contributed by atoms with Gasteiger partial charge in [-0.2, -0.15) is 16.7 Å². The van der Waals surface area contributed by atoms with Gasteiger partial charge >= 0.3 is 0 Å². The number of rotatable bonds is 3. The minimum atomic E-state index is 0.443. The fourth-order valence-corrected chi connectivity index (χ4v) is 1.91. The third-order valence-electron chi connectivity index (χ3n) is 1.91. The van der Waals surface area contributed by atoms with E-state index in [-0.39, 0.29) is 0 Å². The third kappa shape index (κ3) is 2.48. The van der Waals surface area contributed by atoms with Gasteiger partial charge in [-0.1, -0.05) is 16.8 Å². The number of hydrogen-bond donors (Lipinski definition) is 1. The van der Waals surface area contributed by atoms with E-state index in [0.29, 0.717) is 22.4 Å². The molecule has 6 heteroatoms. The molecule has 1 aromatic heterocycles. The van der Waals surface area contributed by atoms with Crippen LogP contribution in [0.4, 0.5) is 5.69 Å². The molecular weight excluding hydrogens is 246 g/mol. The van der Waals surface area contributed by atoms with Gasteiger partial charge in [-0.25, -0.2) is 0 Å². The monoisotopic (exact) mass is 255 g/mol. The maximum atomic E-state index is 5.89. The van der Waals surface area contributed by atoms with E-state index < -0.39 is 0 Å². The summed E-state index contributed by atoms with van der Waals surface area (Å²) in [6.45, 7) is 0. The first-order valence-corrected chi connectivity index (χ1v) is 6.34. The quantitative estimate of drug-likeness (QED) is 0.855. The fourth-order valence-electron chi connectivity index (χ4n) is 1.29. The Hall–Kier alpha value is -1.20. The van der Waals surface area contributed by atoms with Crippen molar-refractivity contribution in [2.24, 2.45) is 0 Å². The lowest BCUT2D eigenvalue weighted by molar-refractivity contribution is 0.425. The van der Waals surface area contributed by atoms with Crippen molar-refractivity contribution in [1.82, 2.24) is 10.1 Å². The van der Waals surface area contributed by atoms with Crippen LogP contribution >= 0.6 is 23.4 Å². The summed E-state index contributed by atoms with van der Waals surface area (Å²) in [5, 5.41) is 4.41. The predicted octanol–water partition coefficient (Wildman–Crippen LogP) is 2.84. The number of hydrogen-bond acceptors (Lipinski definition) is 5. The van der Waals surface area contributed by atoms with Crippen LogP contribution in [0.3, 0.4) is 0 Å². The van der Waals surface area contributed by atoms with E-state index in [1.54, 1.807) is 30.0 Å². The first-order chi connectivity index (χ1) is 7.69. The second-order valence-electron chi connectivity index (χ2n) is 3.22. The molecular formula is C10H10ClN3OS. The highest BCUT2D eigenvalue weighted by atomic mass is 35.5. The number of nitrogens with two attached hydrogens (primary N) is 1. The van der Waals surface area contributed by atoms with Crippen molar-refractivity contribution in [3.05, 3.63) is 29.0 Å². The molecule has 0 atom stereocenters. The van der Waals surface area contributed by atoms with Gasteiger partial charge in [0, 0.05) is 16.3 Å². The van der Waals surface area contributed by atoms with Gasteiger partial charge in [-0.05, 0) is 24.5 Å². The number of halogens is 1. The molecule has 1 heterocycles. The number of aromatic nitrogens is 2. The lowest BCUT2D eigenvalue weighted by Gasteiger charge is -1.98. The molecule has 0 aliphatic carbocycles. The zero-order chi connectivity index (χ0) is 11.5. The van der Waals surface area contributed by atoms with Crippen LogP contribution in [0, 0.1) is 0 Å². The van der Waals surface area contributed by atoms with Crippen molar-refractivity contribution in [2.75, 3.05) is 12.0 Å². The molecule has 0 saturated heterocycles. The van der Waals surface area contributed by atoms with Crippen molar-refractivity contribution in [3.63, 3.8) is 0 Å². The zero-order valence-corrected chi connectivity index (χ0v) is 10.2. The second-order valence-corrected chi connectivity index (χ2v) is 4.52. The number of benzene rings is 1. The van der Waals surface area contributed by atoms with Gasteiger partial charge in [-0.3, -0.25) is 0 Å². The molecule has 84 valence electrons. The molecule has 1 aromatic carbocycles. The molecule has 0 fully saturated rings. The Labute approximate surface area is 102 Å².